The summed E-state index contributed by atoms with van der Waals surface area (Å²) in [6, 6.07) is 15.1. The van der Waals surface area contributed by atoms with Crippen LogP contribution in [0.3, 0.4) is 0 Å². The Morgan fingerprint density at radius 3 is 2.59 bits per heavy atom. The number of hydrogen-bond donors (Lipinski definition) is 1. The number of carbonyl (C=O) groups is 1. The predicted molar refractivity (Wildman–Crippen MR) is 173 cm³/mol. The topological polar surface area (TPSA) is 149 Å². The van der Waals surface area contributed by atoms with Gasteiger partial charge < -0.3 is 24.1 Å². The van der Waals surface area contributed by atoms with Gasteiger partial charge >= 0.3 is 5.97 Å². The number of aliphatic hydroxyl groups excluding tert-OH is 1. The molecule has 17 heteroatoms. The van der Waals surface area contributed by atoms with E-state index in [1.54, 1.807) is 19.1 Å². The van der Waals surface area contributed by atoms with Gasteiger partial charge in [-0.1, -0.05) is 35.5 Å². The lowest BCUT2D eigenvalue weighted by Crippen LogP contribution is -2.57. The van der Waals surface area contributed by atoms with E-state index < -0.39 is 60.2 Å². The number of carbonyl (C=O) groups excluding carboxylic acids is 1. The van der Waals surface area contributed by atoms with Crippen molar-refractivity contribution in [3.63, 3.8) is 0 Å². The maximum absolute atomic E-state index is 14.2. The maximum Gasteiger partial charge on any atom is 0.376 e. The van der Waals surface area contributed by atoms with Crippen molar-refractivity contribution in [3.8, 4) is 16.9 Å². The number of aryl methyl sites for hydroxylation is 1. The van der Waals surface area contributed by atoms with Gasteiger partial charge in [0, 0.05) is 11.1 Å². The molecule has 51 heavy (non-hydrogen) atoms. The molecule has 6 aromatic rings. The van der Waals surface area contributed by atoms with E-state index in [1.165, 1.54) is 26.8 Å². The molecule has 3 aromatic carbocycles. The molecule has 0 saturated carbocycles. The van der Waals surface area contributed by atoms with Crippen molar-refractivity contribution in [2.45, 2.75) is 50.6 Å². The Labute approximate surface area is 291 Å². The largest absolute Gasteiger partial charge is 0.460 e. The Bertz CT molecular complexity index is 2220. The van der Waals surface area contributed by atoms with Crippen LogP contribution in [0.1, 0.15) is 52.4 Å². The second-order valence-electron chi connectivity index (χ2n) is 11.9. The number of rotatable bonds is 7. The number of benzene rings is 3. The van der Waals surface area contributed by atoms with Crippen LogP contribution in [0, 0.1) is 24.4 Å². The van der Waals surface area contributed by atoms with Crippen LogP contribution in [-0.2, 0) is 18.9 Å². The number of fused-ring (bicyclic) bond motifs is 2. The number of aromatic nitrogens is 7. The Morgan fingerprint density at radius 2 is 1.82 bits per heavy atom. The Hall–Kier alpha value is -5.07. The molecule has 2 saturated heterocycles. The SMILES string of the molecule is CCOC(=O)c1nnc([C@@H]2O[C@@H]3CO[C@H](c4ccccc4)O[C@@H]3[C@H](n3cc(-c4cc(F)c(F)c(F)c4)nn3)[C@H]2O)n1-c1ccc2nc(C)sc2c1. The zero-order valence-electron chi connectivity index (χ0n) is 26.9. The number of nitrogens with zero attached hydrogens (tertiary/aromatic N) is 7. The van der Waals surface area contributed by atoms with Gasteiger partial charge in [-0.05, 0) is 44.2 Å². The standard InChI is InChI=1S/C34H28F3N7O6S/c1-3-47-33(46)32-41-40-31(44(32)19-9-10-22-25(13-19)51-16(2)38-22)30-28(45)27(29-24(49-30)15-48-34(50-29)17-7-5-4-6-8-17)43-14-23(39-42-43)18-11-20(35)26(37)21(36)12-18/h4-14,24,27-30,34,45H,3,15H2,1-2H3/t24-,27-,28-,29+,30-,34+/m1/s1. The predicted octanol–water partition coefficient (Wildman–Crippen LogP) is 5.19. The van der Waals surface area contributed by atoms with Gasteiger partial charge in [-0.3, -0.25) is 4.57 Å². The van der Waals surface area contributed by atoms with Crippen molar-refractivity contribution in [2.24, 2.45) is 0 Å². The van der Waals surface area contributed by atoms with Crippen molar-refractivity contribution in [1.29, 1.82) is 0 Å². The number of esters is 1. The number of ether oxygens (including phenoxy) is 4. The monoisotopic (exact) mass is 719 g/mol. The van der Waals surface area contributed by atoms with Crippen LogP contribution in [0.25, 0.3) is 27.2 Å². The molecule has 2 aliphatic rings. The van der Waals surface area contributed by atoms with E-state index >= 15 is 0 Å². The van der Waals surface area contributed by atoms with Crippen LogP contribution < -0.4 is 0 Å². The van der Waals surface area contributed by atoms with Crippen LogP contribution >= 0.6 is 11.3 Å². The van der Waals surface area contributed by atoms with Crippen LogP contribution in [-0.4, -0.2) is 77.3 Å². The Balaban J connectivity index is 1.23. The highest BCUT2D eigenvalue weighted by Gasteiger charge is 2.53. The third-order valence-electron chi connectivity index (χ3n) is 8.68. The van der Waals surface area contributed by atoms with Gasteiger partial charge in [0.2, 0.25) is 5.82 Å². The molecule has 1 N–H and O–H groups in total. The number of hydrogen-bond acceptors (Lipinski definition) is 12. The van der Waals surface area contributed by atoms with Crippen molar-refractivity contribution in [2.75, 3.05) is 13.2 Å². The molecule has 0 bridgehead atoms. The molecule has 0 unspecified atom stereocenters. The zero-order chi connectivity index (χ0) is 35.4. The maximum atomic E-state index is 14.2. The van der Waals surface area contributed by atoms with E-state index in [1.807, 2.05) is 43.3 Å². The third-order valence-corrected chi connectivity index (χ3v) is 9.62. The van der Waals surface area contributed by atoms with Gasteiger partial charge in [0.15, 0.2) is 29.6 Å². The highest BCUT2D eigenvalue weighted by Crippen LogP contribution is 2.44. The summed E-state index contributed by atoms with van der Waals surface area (Å²) in [6.07, 6.45) is -3.92. The summed E-state index contributed by atoms with van der Waals surface area (Å²) in [7, 11) is 0. The lowest BCUT2D eigenvalue weighted by molar-refractivity contribution is -0.319. The van der Waals surface area contributed by atoms with E-state index in [2.05, 4.69) is 25.5 Å². The molecule has 5 heterocycles. The molecule has 8 rings (SSSR count). The molecular weight excluding hydrogens is 691 g/mol. The minimum absolute atomic E-state index is 0.00665. The minimum Gasteiger partial charge on any atom is -0.460 e. The fourth-order valence-electron chi connectivity index (χ4n) is 6.40. The second kappa shape index (κ2) is 13.2. The second-order valence-corrected chi connectivity index (χ2v) is 13.1. The molecule has 2 fully saturated rings. The normalized spacial score (nSPS) is 23.3. The molecule has 0 amide bonds. The first-order valence-electron chi connectivity index (χ1n) is 15.9. The highest BCUT2D eigenvalue weighted by molar-refractivity contribution is 7.18. The highest BCUT2D eigenvalue weighted by atomic mass is 32.1. The van der Waals surface area contributed by atoms with Crippen molar-refractivity contribution < 1.29 is 42.0 Å². The van der Waals surface area contributed by atoms with E-state index in [0.29, 0.717) is 5.69 Å². The van der Waals surface area contributed by atoms with Crippen LogP contribution in [0.2, 0.25) is 0 Å². The first-order chi connectivity index (χ1) is 24.7. The Kier molecular flexibility index (Phi) is 8.59. The molecular formula is C34H28F3N7O6S. The number of halogens is 3. The van der Waals surface area contributed by atoms with E-state index in [0.717, 1.165) is 32.9 Å². The molecule has 3 aromatic heterocycles. The van der Waals surface area contributed by atoms with E-state index in [9.17, 15) is 23.1 Å². The smallest absolute Gasteiger partial charge is 0.376 e. The van der Waals surface area contributed by atoms with E-state index in [-0.39, 0.29) is 36.1 Å². The molecule has 0 aliphatic carbocycles. The van der Waals surface area contributed by atoms with Crippen molar-refractivity contribution in [1.82, 2.24) is 34.7 Å². The number of aliphatic hydroxyl groups is 1. The quantitative estimate of drug-likeness (QED) is 0.172. The molecule has 0 radical (unpaired) electrons. The number of thiazole rings is 1. The van der Waals surface area contributed by atoms with Gasteiger partial charge in [0.05, 0.1) is 40.3 Å². The average molecular weight is 720 g/mol. The average Bonchev–Trinajstić information content (AvgIpc) is 3.88. The van der Waals surface area contributed by atoms with Gasteiger partial charge in [-0.2, -0.15) is 0 Å². The summed E-state index contributed by atoms with van der Waals surface area (Å²) < 4.78 is 70.0. The molecule has 2 aliphatic heterocycles. The molecule has 262 valence electrons. The molecule has 6 atom stereocenters. The lowest BCUT2D eigenvalue weighted by Gasteiger charge is -2.47. The van der Waals surface area contributed by atoms with E-state index in [4.69, 9.17) is 18.9 Å². The minimum atomic E-state index is -1.62. The van der Waals surface area contributed by atoms with Crippen molar-refractivity contribution >= 4 is 27.5 Å². The van der Waals surface area contributed by atoms with Crippen LogP contribution in [0.15, 0.2) is 66.9 Å². The first-order valence-corrected chi connectivity index (χ1v) is 16.7. The van der Waals surface area contributed by atoms with Crippen molar-refractivity contribution in [3.05, 3.63) is 107 Å². The Morgan fingerprint density at radius 1 is 1.04 bits per heavy atom. The van der Waals surface area contributed by atoms with Gasteiger partial charge in [-0.25, -0.2) is 27.6 Å². The first kappa shape index (κ1) is 33.1. The fourth-order valence-corrected chi connectivity index (χ4v) is 7.26. The summed E-state index contributed by atoms with van der Waals surface area (Å²) >= 11 is 1.46. The van der Waals surface area contributed by atoms with Crippen LogP contribution in [0.4, 0.5) is 13.2 Å². The summed E-state index contributed by atoms with van der Waals surface area (Å²) in [5, 5.41) is 29.9. The third kappa shape index (κ3) is 5.95. The fraction of sp³-hybridized carbons (Fsp3) is 0.294. The van der Waals surface area contributed by atoms with Gasteiger partial charge in [0.25, 0.3) is 0 Å². The molecule has 13 nitrogen and oxygen atoms in total. The van der Waals surface area contributed by atoms with Gasteiger partial charge in [-0.15, -0.1) is 26.6 Å². The molecule has 0 spiro atoms. The van der Waals surface area contributed by atoms with Crippen LogP contribution in [0.5, 0.6) is 0 Å². The summed E-state index contributed by atoms with van der Waals surface area (Å²) in [6.45, 7) is 3.65. The van der Waals surface area contributed by atoms with Gasteiger partial charge in [0.1, 0.15) is 36.2 Å². The summed E-state index contributed by atoms with van der Waals surface area (Å²) in [5.74, 6) is -5.23. The summed E-state index contributed by atoms with van der Waals surface area (Å²) in [5.41, 5.74) is 1.91. The summed E-state index contributed by atoms with van der Waals surface area (Å²) in [4.78, 5) is 17.7. The zero-order valence-corrected chi connectivity index (χ0v) is 27.7. The lowest BCUT2D eigenvalue weighted by atomic mass is 9.91.